The summed E-state index contributed by atoms with van der Waals surface area (Å²) in [4.78, 5) is 32.6. The Morgan fingerprint density at radius 1 is 0.911 bits per heavy atom. The molecule has 6 rings (SSSR count). The van der Waals surface area contributed by atoms with Gasteiger partial charge in [-0.05, 0) is 74.7 Å². The third kappa shape index (κ3) is 6.66. The van der Waals surface area contributed by atoms with Gasteiger partial charge in [-0.3, -0.25) is 15.1 Å². The van der Waals surface area contributed by atoms with Gasteiger partial charge in [-0.15, -0.1) is 0 Å². The van der Waals surface area contributed by atoms with E-state index in [-0.39, 0.29) is 17.1 Å². The van der Waals surface area contributed by atoms with Crippen LogP contribution in [0.3, 0.4) is 0 Å². The summed E-state index contributed by atoms with van der Waals surface area (Å²) in [6, 6.07) is 26.9. The molecule has 0 spiro atoms. The summed E-state index contributed by atoms with van der Waals surface area (Å²) in [6.07, 6.45) is 3.41. The van der Waals surface area contributed by atoms with Gasteiger partial charge in [-0.25, -0.2) is 9.48 Å². The highest BCUT2D eigenvalue weighted by atomic mass is 16.2. The topological polar surface area (TPSA) is 101 Å². The first kappa shape index (κ1) is 30.2. The Morgan fingerprint density at radius 3 is 2.38 bits per heavy atom. The number of carbonyl (C=O) groups excluding carboxylic acids is 2. The van der Waals surface area contributed by atoms with E-state index < -0.39 is 11.9 Å². The molecule has 0 aliphatic carbocycles. The number of anilines is 2. The number of fused-ring (bicyclic) bond motifs is 1. The molecule has 3 heterocycles. The number of nitrogens with zero attached hydrogens (tertiary/aromatic N) is 3. The van der Waals surface area contributed by atoms with E-state index in [1.807, 2.05) is 91.9 Å². The van der Waals surface area contributed by atoms with Crippen molar-refractivity contribution in [3.63, 3.8) is 0 Å². The monoisotopic (exact) mass is 600 g/mol. The molecule has 1 unspecified atom stereocenters. The van der Waals surface area contributed by atoms with E-state index >= 15 is 0 Å². The van der Waals surface area contributed by atoms with Crippen LogP contribution in [-0.4, -0.2) is 39.7 Å². The smallest absolute Gasteiger partial charge is 0.317 e. The Balaban J connectivity index is 1.32. The van der Waals surface area contributed by atoms with Crippen molar-refractivity contribution in [1.82, 2.24) is 20.1 Å². The SMILES string of the molecule is Cc1ccc(-n2nc(C(C)(C)C)cc2NC(=O)Nc2ccccc2C(C(=O)c2cnc3ccccc3c2)C2CCNCC2)cc1. The van der Waals surface area contributed by atoms with E-state index in [1.54, 1.807) is 10.9 Å². The molecule has 230 valence electrons. The highest BCUT2D eigenvalue weighted by Crippen LogP contribution is 2.38. The molecule has 1 aliphatic heterocycles. The lowest BCUT2D eigenvalue weighted by Crippen LogP contribution is -2.34. The lowest BCUT2D eigenvalue weighted by Gasteiger charge is -2.31. The van der Waals surface area contributed by atoms with Gasteiger partial charge in [0.25, 0.3) is 0 Å². The standard InChI is InChI=1S/C37H40N6O2/c1-24-13-15-28(16-14-24)43-33(22-32(42-43)37(2,3)4)41-36(45)40-31-12-8-6-10-29(31)34(25-17-19-38-20-18-25)35(44)27-21-26-9-5-7-11-30(26)39-23-27/h5-16,21-23,25,34,38H,17-20H2,1-4H3,(H2,40,41,45). The molecule has 1 atom stereocenters. The fraction of sp³-hybridized carbons (Fsp3) is 0.297. The van der Waals surface area contributed by atoms with Crippen molar-refractivity contribution in [2.75, 3.05) is 23.7 Å². The predicted octanol–water partition coefficient (Wildman–Crippen LogP) is 7.64. The van der Waals surface area contributed by atoms with Crippen LogP contribution in [0.4, 0.5) is 16.3 Å². The van der Waals surface area contributed by atoms with Gasteiger partial charge < -0.3 is 10.6 Å². The molecular weight excluding hydrogens is 560 g/mol. The first-order valence-corrected chi connectivity index (χ1v) is 15.6. The maximum absolute atomic E-state index is 14.3. The first-order valence-electron chi connectivity index (χ1n) is 15.6. The van der Waals surface area contributed by atoms with E-state index in [2.05, 4.69) is 41.7 Å². The average Bonchev–Trinajstić information content (AvgIpc) is 3.47. The van der Waals surface area contributed by atoms with Crippen LogP contribution in [0.1, 0.15) is 66.7 Å². The summed E-state index contributed by atoms with van der Waals surface area (Å²) in [5.41, 5.74) is 5.49. The number of piperidine rings is 1. The first-order chi connectivity index (χ1) is 21.7. The quantitative estimate of drug-likeness (QED) is 0.167. The lowest BCUT2D eigenvalue weighted by atomic mass is 9.76. The molecule has 3 aromatic carbocycles. The van der Waals surface area contributed by atoms with Gasteiger partial charge in [0.1, 0.15) is 5.82 Å². The van der Waals surface area contributed by atoms with Crippen molar-refractivity contribution >= 4 is 34.2 Å². The van der Waals surface area contributed by atoms with E-state index in [0.29, 0.717) is 17.1 Å². The highest BCUT2D eigenvalue weighted by Gasteiger charge is 2.34. The lowest BCUT2D eigenvalue weighted by molar-refractivity contribution is 0.0916. The molecule has 8 nitrogen and oxygen atoms in total. The summed E-state index contributed by atoms with van der Waals surface area (Å²) in [5, 5.41) is 15.3. The number of amides is 2. The van der Waals surface area contributed by atoms with Crippen molar-refractivity contribution < 1.29 is 9.59 Å². The second-order valence-corrected chi connectivity index (χ2v) is 12.9. The summed E-state index contributed by atoms with van der Waals surface area (Å²) in [6.45, 7) is 10.0. The molecule has 1 fully saturated rings. The number of benzene rings is 3. The number of rotatable bonds is 7. The Labute approximate surface area is 264 Å². The van der Waals surface area contributed by atoms with Crippen molar-refractivity contribution in [1.29, 1.82) is 0 Å². The second-order valence-electron chi connectivity index (χ2n) is 12.9. The van der Waals surface area contributed by atoms with Gasteiger partial charge in [-0.1, -0.05) is 74.9 Å². The molecule has 0 saturated carbocycles. The number of urea groups is 1. The van der Waals surface area contributed by atoms with Crippen LogP contribution < -0.4 is 16.0 Å². The second kappa shape index (κ2) is 12.7. The third-order valence-corrected chi connectivity index (χ3v) is 8.55. The Morgan fingerprint density at radius 2 is 1.62 bits per heavy atom. The van der Waals surface area contributed by atoms with E-state index in [0.717, 1.165) is 59.3 Å². The van der Waals surface area contributed by atoms with Crippen LogP contribution in [0.5, 0.6) is 0 Å². The zero-order valence-electron chi connectivity index (χ0n) is 26.3. The summed E-state index contributed by atoms with van der Waals surface area (Å²) in [5.74, 6) is 0.264. The number of hydrogen-bond donors (Lipinski definition) is 3. The van der Waals surface area contributed by atoms with Crippen molar-refractivity contribution in [3.8, 4) is 5.69 Å². The van der Waals surface area contributed by atoms with Crippen LogP contribution in [0.2, 0.25) is 0 Å². The van der Waals surface area contributed by atoms with Gasteiger partial charge in [0.2, 0.25) is 0 Å². The van der Waals surface area contributed by atoms with Crippen LogP contribution in [0.25, 0.3) is 16.6 Å². The van der Waals surface area contributed by atoms with Gasteiger partial charge in [-0.2, -0.15) is 5.10 Å². The molecule has 45 heavy (non-hydrogen) atoms. The zero-order valence-corrected chi connectivity index (χ0v) is 26.3. The Hall–Kier alpha value is -4.82. The van der Waals surface area contributed by atoms with Gasteiger partial charge >= 0.3 is 6.03 Å². The number of nitrogens with one attached hydrogen (secondary N) is 3. The molecule has 0 radical (unpaired) electrons. The molecule has 2 amide bonds. The fourth-order valence-corrected chi connectivity index (χ4v) is 6.04. The third-order valence-electron chi connectivity index (χ3n) is 8.55. The van der Waals surface area contributed by atoms with Crippen LogP contribution >= 0.6 is 0 Å². The van der Waals surface area contributed by atoms with Crippen LogP contribution in [0, 0.1) is 12.8 Å². The molecule has 1 aliphatic rings. The summed E-state index contributed by atoms with van der Waals surface area (Å²) < 4.78 is 1.76. The molecule has 1 saturated heterocycles. The van der Waals surface area contributed by atoms with Gasteiger partial charge in [0, 0.05) is 34.3 Å². The number of para-hydroxylation sites is 2. The number of aryl methyl sites for hydroxylation is 1. The molecule has 0 bridgehead atoms. The van der Waals surface area contributed by atoms with Crippen molar-refractivity contribution in [3.05, 3.63) is 114 Å². The Bertz CT molecular complexity index is 1830. The molecule has 5 aromatic rings. The molecular formula is C37H40N6O2. The summed E-state index contributed by atoms with van der Waals surface area (Å²) in [7, 11) is 0. The minimum Gasteiger partial charge on any atom is -0.317 e. The zero-order chi connectivity index (χ0) is 31.6. The minimum atomic E-state index is -0.433. The average molecular weight is 601 g/mol. The van der Waals surface area contributed by atoms with Gasteiger partial charge in [0.05, 0.1) is 22.8 Å². The minimum absolute atomic E-state index is 0.0158. The highest BCUT2D eigenvalue weighted by molar-refractivity contribution is 6.05. The molecule has 2 aromatic heterocycles. The number of carbonyl (C=O) groups is 2. The van der Waals surface area contributed by atoms with E-state index in [1.165, 1.54) is 0 Å². The van der Waals surface area contributed by atoms with E-state index in [9.17, 15) is 9.59 Å². The normalized spacial score (nSPS) is 14.7. The van der Waals surface area contributed by atoms with Crippen molar-refractivity contribution in [2.45, 2.75) is 51.9 Å². The summed E-state index contributed by atoms with van der Waals surface area (Å²) >= 11 is 0. The number of aromatic nitrogens is 3. The maximum atomic E-state index is 14.3. The number of pyridine rings is 1. The van der Waals surface area contributed by atoms with Gasteiger partial charge in [0.15, 0.2) is 5.78 Å². The number of hydrogen-bond acceptors (Lipinski definition) is 5. The van der Waals surface area contributed by atoms with Crippen LogP contribution in [-0.2, 0) is 5.41 Å². The molecule has 8 heteroatoms. The van der Waals surface area contributed by atoms with Crippen molar-refractivity contribution in [2.24, 2.45) is 5.92 Å². The van der Waals surface area contributed by atoms with Crippen LogP contribution in [0.15, 0.2) is 91.1 Å². The van der Waals surface area contributed by atoms with E-state index in [4.69, 9.17) is 5.10 Å². The number of ketones is 1. The molecule has 3 N–H and O–H groups in total. The fourth-order valence-electron chi connectivity index (χ4n) is 6.04. The largest absolute Gasteiger partial charge is 0.324 e. The maximum Gasteiger partial charge on any atom is 0.324 e. The predicted molar refractivity (Wildman–Crippen MR) is 180 cm³/mol. The number of Topliss-reactive ketones (excluding diaryl/α,β-unsaturated/α-hetero) is 1. The Kier molecular flexibility index (Phi) is 8.50.